The molecule has 2 aromatic carbocycles. The van der Waals surface area contributed by atoms with E-state index < -0.39 is 0 Å². The van der Waals surface area contributed by atoms with Crippen LogP contribution in [0.5, 0.6) is 0 Å². The number of nitrogens with zero attached hydrogens (tertiary/aromatic N) is 2. The highest BCUT2D eigenvalue weighted by atomic mass is 35.5. The van der Waals surface area contributed by atoms with Gasteiger partial charge in [0.05, 0.1) is 28.8 Å². The van der Waals surface area contributed by atoms with Gasteiger partial charge < -0.3 is 9.64 Å². The first kappa shape index (κ1) is 26.3. The number of carbonyl (C=O) groups is 1. The van der Waals surface area contributed by atoms with Crippen LogP contribution in [0.25, 0.3) is 0 Å². The van der Waals surface area contributed by atoms with Crippen molar-refractivity contribution >= 4 is 34.9 Å². The van der Waals surface area contributed by atoms with Gasteiger partial charge in [0.2, 0.25) is 0 Å². The second-order valence-electron chi connectivity index (χ2n) is 10.1. The maximum absolute atomic E-state index is 11.9. The van der Waals surface area contributed by atoms with Crippen LogP contribution in [0, 0.1) is 5.92 Å². The van der Waals surface area contributed by atoms with Gasteiger partial charge in [-0.1, -0.05) is 68.1 Å². The number of methoxy groups -OCH3 is 1. The highest BCUT2D eigenvalue weighted by molar-refractivity contribution is 6.39. The van der Waals surface area contributed by atoms with Gasteiger partial charge in [0.25, 0.3) is 0 Å². The van der Waals surface area contributed by atoms with Crippen molar-refractivity contribution in [3.05, 3.63) is 62.6 Å². The smallest absolute Gasteiger partial charge is 0.308 e. The molecule has 4 rings (SSSR count). The van der Waals surface area contributed by atoms with Crippen molar-refractivity contribution in [3.63, 3.8) is 0 Å². The molecule has 0 unspecified atom stereocenters. The molecule has 2 fully saturated rings. The lowest BCUT2D eigenvalue weighted by Gasteiger charge is -2.42. The molecule has 0 bridgehead atoms. The van der Waals surface area contributed by atoms with Crippen molar-refractivity contribution < 1.29 is 9.53 Å². The van der Waals surface area contributed by atoms with Crippen molar-refractivity contribution in [2.24, 2.45) is 5.92 Å². The molecule has 4 nitrogen and oxygen atoms in total. The third-order valence-electron chi connectivity index (χ3n) is 7.61. The minimum atomic E-state index is -0.0556. The molecule has 0 N–H and O–H groups in total. The Morgan fingerprint density at radius 2 is 1.57 bits per heavy atom. The van der Waals surface area contributed by atoms with Crippen molar-refractivity contribution in [2.75, 3.05) is 38.2 Å². The molecule has 0 aliphatic carbocycles. The zero-order valence-electron chi connectivity index (χ0n) is 21.3. The van der Waals surface area contributed by atoms with Gasteiger partial charge in [-0.15, -0.1) is 0 Å². The minimum Gasteiger partial charge on any atom is -0.469 e. The third-order valence-corrected chi connectivity index (χ3v) is 8.22. The summed E-state index contributed by atoms with van der Waals surface area (Å²) in [6.45, 7) is 9.31. The van der Waals surface area contributed by atoms with E-state index in [1.54, 1.807) is 0 Å². The van der Waals surface area contributed by atoms with E-state index in [1.165, 1.54) is 29.4 Å². The Balaban J connectivity index is 1.51. The zero-order chi connectivity index (χ0) is 24.9. The largest absolute Gasteiger partial charge is 0.469 e. The second-order valence-corrected chi connectivity index (χ2v) is 10.9. The van der Waals surface area contributed by atoms with Gasteiger partial charge in [-0.3, -0.25) is 9.69 Å². The Kier molecular flexibility index (Phi) is 9.02. The van der Waals surface area contributed by atoms with E-state index in [0.717, 1.165) is 87.0 Å². The van der Waals surface area contributed by atoms with E-state index >= 15 is 0 Å². The molecule has 2 heterocycles. The van der Waals surface area contributed by atoms with Crippen LogP contribution >= 0.6 is 23.2 Å². The number of carbonyl (C=O) groups excluding carboxylic acids is 1. The number of para-hydroxylation sites is 1. The summed E-state index contributed by atoms with van der Waals surface area (Å²) in [5.41, 5.74) is 6.92. The van der Waals surface area contributed by atoms with Gasteiger partial charge in [0, 0.05) is 25.6 Å². The number of anilines is 1. The number of ether oxygens (including phenoxy) is 1. The molecular formula is C29H38Cl2N2O2. The number of rotatable bonds is 9. The Bertz CT molecular complexity index is 980. The number of esters is 1. The summed E-state index contributed by atoms with van der Waals surface area (Å²) in [4.78, 5) is 16.8. The van der Waals surface area contributed by atoms with Gasteiger partial charge in [-0.2, -0.15) is 0 Å². The SMILES string of the molecule is CCCc1cc(C2CN(c3c(Cl)cccc3Cl)C2)cc(CCC)c1CN1CCC(C(=O)OC)CC1. The summed E-state index contributed by atoms with van der Waals surface area (Å²) in [7, 11) is 1.49. The number of hydrogen-bond acceptors (Lipinski definition) is 4. The molecule has 2 aliphatic heterocycles. The Morgan fingerprint density at radius 3 is 2.09 bits per heavy atom. The van der Waals surface area contributed by atoms with E-state index in [2.05, 4.69) is 35.8 Å². The van der Waals surface area contributed by atoms with Crippen LogP contribution < -0.4 is 4.90 Å². The van der Waals surface area contributed by atoms with Crippen molar-refractivity contribution in [1.29, 1.82) is 0 Å². The molecular weight excluding hydrogens is 479 g/mol. The van der Waals surface area contributed by atoms with Crippen molar-refractivity contribution in [3.8, 4) is 0 Å². The van der Waals surface area contributed by atoms with E-state index in [1.807, 2.05) is 18.2 Å². The molecule has 0 aromatic heterocycles. The predicted molar refractivity (Wildman–Crippen MR) is 146 cm³/mol. The third kappa shape index (κ3) is 5.98. The Morgan fingerprint density at radius 1 is 1.00 bits per heavy atom. The highest BCUT2D eigenvalue weighted by Crippen LogP contribution is 2.41. The van der Waals surface area contributed by atoms with Gasteiger partial charge in [-0.05, 0) is 73.2 Å². The molecule has 0 atom stereocenters. The van der Waals surface area contributed by atoms with Crippen LogP contribution in [0.1, 0.15) is 67.7 Å². The zero-order valence-corrected chi connectivity index (χ0v) is 22.8. The van der Waals surface area contributed by atoms with E-state index in [9.17, 15) is 4.79 Å². The monoisotopic (exact) mass is 516 g/mol. The second kappa shape index (κ2) is 12.0. The molecule has 0 spiro atoms. The lowest BCUT2D eigenvalue weighted by atomic mass is 9.84. The molecule has 6 heteroatoms. The normalized spacial score (nSPS) is 17.5. The molecule has 190 valence electrons. The predicted octanol–water partition coefficient (Wildman–Crippen LogP) is 6.89. The van der Waals surface area contributed by atoms with E-state index in [4.69, 9.17) is 27.9 Å². The lowest BCUT2D eigenvalue weighted by molar-refractivity contribution is -0.147. The molecule has 0 amide bonds. The van der Waals surface area contributed by atoms with Gasteiger partial charge >= 0.3 is 5.97 Å². The van der Waals surface area contributed by atoms with E-state index in [-0.39, 0.29) is 11.9 Å². The fraction of sp³-hybridized carbons (Fsp3) is 0.552. The van der Waals surface area contributed by atoms with Crippen LogP contribution in [-0.2, 0) is 28.9 Å². The summed E-state index contributed by atoms with van der Waals surface area (Å²) < 4.78 is 4.97. The summed E-state index contributed by atoms with van der Waals surface area (Å²) in [5.74, 6) is 0.496. The first-order valence-corrected chi connectivity index (χ1v) is 13.8. The summed E-state index contributed by atoms with van der Waals surface area (Å²) in [6, 6.07) is 10.7. The molecule has 0 saturated carbocycles. The van der Waals surface area contributed by atoms with Crippen LogP contribution in [0.3, 0.4) is 0 Å². The van der Waals surface area contributed by atoms with Gasteiger partial charge in [-0.25, -0.2) is 0 Å². The summed E-state index contributed by atoms with van der Waals surface area (Å²) >= 11 is 12.9. The number of benzene rings is 2. The number of halogens is 2. The van der Waals surface area contributed by atoms with Crippen LogP contribution in [-0.4, -0.2) is 44.2 Å². The molecule has 2 saturated heterocycles. The first-order valence-electron chi connectivity index (χ1n) is 13.1. The molecule has 2 aromatic rings. The number of likely N-dealkylation sites (tertiary alicyclic amines) is 1. The summed E-state index contributed by atoms with van der Waals surface area (Å²) in [6.07, 6.45) is 6.26. The number of piperidine rings is 1. The van der Waals surface area contributed by atoms with Crippen molar-refractivity contribution in [1.82, 2.24) is 4.90 Å². The Labute approximate surface area is 220 Å². The van der Waals surface area contributed by atoms with Gasteiger partial charge in [0.15, 0.2) is 0 Å². The average molecular weight is 518 g/mol. The van der Waals surface area contributed by atoms with E-state index in [0.29, 0.717) is 5.92 Å². The van der Waals surface area contributed by atoms with Crippen LogP contribution in [0.15, 0.2) is 30.3 Å². The highest BCUT2D eigenvalue weighted by Gasteiger charge is 2.32. The number of aryl methyl sites for hydroxylation is 2. The number of hydrogen-bond donors (Lipinski definition) is 0. The van der Waals surface area contributed by atoms with Crippen LogP contribution in [0.2, 0.25) is 10.0 Å². The summed E-state index contributed by atoms with van der Waals surface area (Å²) in [5, 5.41) is 1.45. The standard InChI is InChI=1S/C29H38Cl2N2O2/c1-4-7-21-15-23(24-17-33(18-24)28-26(30)9-6-10-27(28)31)16-22(8-5-2)25(21)19-32-13-11-20(12-14-32)29(34)35-3/h6,9-10,15-16,20,24H,4-5,7-8,11-14,17-19H2,1-3H3. The minimum absolute atomic E-state index is 0.0528. The molecule has 35 heavy (non-hydrogen) atoms. The lowest BCUT2D eigenvalue weighted by Crippen LogP contribution is -2.45. The van der Waals surface area contributed by atoms with Crippen LogP contribution in [0.4, 0.5) is 5.69 Å². The topological polar surface area (TPSA) is 32.8 Å². The molecule has 2 aliphatic rings. The molecule has 0 radical (unpaired) electrons. The maximum Gasteiger partial charge on any atom is 0.308 e. The first-order chi connectivity index (χ1) is 16.9. The Hall–Kier alpha value is -1.75. The quantitative estimate of drug-likeness (QED) is 0.339. The fourth-order valence-corrected chi connectivity index (χ4v) is 6.26. The maximum atomic E-state index is 11.9. The van der Waals surface area contributed by atoms with Crippen molar-refractivity contribution in [2.45, 2.75) is 64.8 Å². The van der Waals surface area contributed by atoms with Gasteiger partial charge in [0.1, 0.15) is 0 Å². The fourth-order valence-electron chi connectivity index (χ4n) is 5.63. The average Bonchev–Trinajstić information content (AvgIpc) is 2.82.